The summed E-state index contributed by atoms with van der Waals surface area (Å²) in [6, 6.07) is 6.95. The van der Waals surface area contributed by atoms with Gasteiger partial charge >= 0.3 is 0 Å². The van der Waals surface area contributed by atoms with Gasteiger partial charge in [0.25, 0.3) is 5.56 Å². The first-order valence-corrected chi connectivity index (χ1v) is 7.29. The fourth-order valence-electron chi connectivity index (χ4n) is 2.24. The Bertz CT molecular complexity index is 748. The predicted octanol–water partition coefficient (Wildman–Crippen LogP) is 2.76. The van der Waals surface area contributed by atoms with Crippen LogP contribution in [0.2, 0.25) is 5.02 Å². The topological polar surface area (TPSA) is 84.7 Å². The van der Waals surface area contributed by atoms with Gasteiger partial charge in [-0.05, 0) is 25.0 Å². The molecule has 2 N–H and O–H groups in total. The highest BCUT2D eigenvalue weighted by Gasteiger charge is 2.17. The SMILES string of the molecule is CCC(N)c1nc2cccc(Cl)c2c(=O)n1CCCC#N. The Hall–Kier alpha value is -1.90. The van der Waals surface area contributed by atoms with Crippen molar-refractivity contribution < 1.29 is 0 Å². The molecule has 0 aliphatic rings. The van der Waals surface area contributed by atoms with Crippen LogP contribution < -0.4 is 11.3 Å². The molecule has 0 radical (unpaired) electrons. The summed E-state index contributed by atoms with van der Waals surface area (Å²) < 4.78 is 1.56. The van der Waals surface area contributed by atoms with E-state index in [1.807, 2.05) is 6.92 Å². The lowest BCUT2D eigenvalue weighted by molar-refractivity contribution is 0.535. The first kappa shape index (κ1) is 15.5. The standard InChI is InChI=1S/C15H17ClN4O/c1-2-11(18)14-19-12-7-5-6-10(16)13(12)15(21)20(14)9-4-3-8-17/h5-7,11H,2-4,9,18H2,1H3. The molecule has 1 atom stereocenters. The Morgan fingerprint density at radius 2 is 2.29 bits per heavy atom. The molecule has 5 nitrogen and oxygen atoms in total. The monoisotopic (exact) mass is 304 g/mol. The minimum atomic E-state index is -0.317. The van der Waals surface area contributed by atoms with Gasteiger partial charge < -0.3 is 5.73 Å². The highest BCUT2D eigenvalue weighted by Crippen LogP contribution is 2.21. The molecule has 2 aromatic rings. The summed E-state index contributed by atoms with van der Waals surface area (Å²) in [4.78, 5) is 17.2. The molecular formula is C15H17ClN4O. The number of halogens is 1. The smallest absolute Gasteiger partial charge is 0.262 e. The van der Waals surface area contributed by atoms with Crippen molar-refractivity contribution in [3.8, 4) is 6.07 Å². The maximum Gasteiger partial charge on any atom is 0.262 e. The Labute approximate surface area is 128 Å². The van der Waals surface area contributed by atoms with Crippen LogP contribution in [-0.2, 0) is 6.54 Å². The third-order valence-corrected chi connectivity index (χ3v) is 3.72. The highest BCUT2D eigenvalue weighted by molar-refractivity contribution is 6.35. The Morgan fingerprint density at radius 1 is 1.52 bits per heavy atom. The van der Waals surface area contributed by atoms with Crippen LogP contribution in [-0.4, -0.2) is 9.55 Å². The van der Waals surface area contributed by atoms with Gasteiger partial charge in [-0.15, -0.1) is 0 Å². The van der Waals surface area contributed by atoms with E-state index >= 15 is 0 Å². The number of nitriles is 1. The van der Waals surface area contributed by atoms with Crippen molar-refractivity contribution in [3.05, 3.63) is 39.4 Å². The zero-order valence-electron chi connectivity index (χ0n) is 11.8. The molecule has 1 unspecified atom stereocenters. The summed E-state index contributed by atoms with van der Waals surface area (Å²) in [7, 11) is 0. The lowest BCUT2D eigenvalue weighted by Crippen LogP contribution is -2.29. The Balaban J connectivity index is 2.66. The van der Waals surface area contributed by atoms with Crippen LogP contribution in [0.5, 0.6) is 0 Å². The fourth-order valence-corrected chi connectivity index (χ4v) is 2.49. The van der Waals surface area contributed by atoms with Crippen LogP contribution in [0.4, 0.5) is 0 Å². The molecule has 1 heterocycles. The van der Waals surface area contributed by atoms with E-state index in [4.69, 9.17) is 22.6 Å². The van der Waals surface area contributed by atoms with Gasteiger partial charge in [-0.1, -0.05) is 24.6 Å². The number of hydrogen-bond acceptors (Lipinski definition) is 4. The second kappa shape index (κ2) is 6.70. The molecule has 0 spiro atoms. The highest BCUT2D eigenvalue weighted by atomic mass is 35.5. The summed E-state index contributed by atoms with van der Waals surface area (Å²) >= 11 is 6.12. The quantitative estimate of drug-likeness (QED) is 0.861. The van der Waals surface area contributed by atoms with Crippen LogP contribution >= 0.6 is 11.6 Å². The van der Waals surface area contributed by atoms with Crippen LogP contribution in [0, 0.1) is 11.3 Å². The van der Waals surface area contributed by atoms with Crippen molar-refractivity contribution in [3.63, 3.8) is 0 Å². The Kier molecular flexibility index (Phi) is 4.94. The van der Waals surface area contributed by atoms with Crippen molar-refractivity contribution in [2.24, 2.45) is 5.73 Å². The van der Waals surface area contributed by atoms with E-state index in [9.17, 15) is 4.79 Å². The van der Waals surface area contributed by atoms with Gasteiger partial charge in [0, 0.05) is 13.0 Å². The maximum absolute atomic E-state index is 12.7. The van der Waals surface area contributed by atoms with Crippen LogP contribution in [0.25, 0.3) is 10.9 Å². The van der Waals surface area contributed by atoms with E-state index in [0.29, 0.717) is 47.6 Å². The van der Waals surface area contributed by atoms with E-state index in [-0.39, 0.29) is 11.6 Å². The molecule has 0 aliphatic carbocycles. The molecule has 0 saturated carbocycles. The fraction of sp³-hybridized carbons (Fsp3) is 0.400. The molecular weight excluding hydrogens is 288 g/mol. The van der Waals surface area contributed by atoms with Crippen molar-refractivity contribution in [1.29, 1.82) is 5.26 Å². The lowest BCUT2D eigenvalue weighted by Gasteiger charge is -2.17. The van der Waals surface area contributed by atoms with Crippen molar-refractivity contribution in [2.75, 3.05) is 0 Å². The van der Waals surface area contributed by atoms with Gasteiger partial charge in [0.15, 0.2) is 0 Å². The number of unbranched alkanes of at least 4 members (excludes halogenated alkanes) is 1. The third kappa shape index (κ3) is 3.07. The van der Waals surface area contributed by atoms with Crippen LogP contribution in [0.1, 0.15) is 38.1 Å². The molecule has 0 fully saturated rings. The third-order valence-electron chi connectivity index (χ3n) is 3.40. The van der Waals surface area contributed by atoms with E-state index in [1.54, 1.807) is 22.8 Å². The summed E-state index contributed by atoms with van der Waals surface area (Å²) in [5, 5.41) is 9.45. The maximum atomic E-state index is 12.7. The minimum Gasteiger partial charge on any atom is -0.321 e. The molecule has 1 aromatic carbocycles. The summed E-state index contributed by atoms with van der Waals surface area (Å²) in [6.45, 7) is 2.36. The molecule has 0 amide bonds. The van der Waals surface area contributed by atoms with Gasteiger partial charge in [-0.2, -0.15) is 5.26 Å². The van der Waals surface area contributed by atoms with E-state index in [0.717, 1.165) is 0 Å². The van der Waals surface area contributed by atoms with E-state index < -0.39 is 0 Å². The number of fused-ring (bicyclic) bond motifs is 1. The number of benzene rings is 1. The number of nitrogens with zero attached hydrogens (tertiary/aromatic N) is 3. The second-order valence-corrected chi connectivity index (χ2v) is 5.24. The van der Waals surface area contributed by atoms with Gasteiger partial charge in [0.05, 0.1) is 28.0 Å². The molecule has 1 aromatic heterocycles. The van der Waals surface area contributed by atoms with Gasteiger partial charge in [0.2, 0.25) is 0 Å². The molecule has 110 valence electrons. The number of hydrogen-bond donors (Lipinski definition) is 1. The van der Waals surface area contributed by atoms with Crippen LogP contribution in [0.15, 0.2) is 23.0 Å². The largest absolute Gasteiger partial charge is 0.321 e. The van der Waals surface area contributed by atoms with Gasteiger partial charge in [0.1, 0.15) is 5.82 Å². The number of aromatic nitrogens is 2. The molecule has 21 heavy (non-hydrogen) atoms. The first-order chi connectivity index (χ1) is 10.1. The number of nitrogens with two attached hydrogens (primary N) is 1. The van der Waals surface area contributed by atoms with Gasteiger partial charge in [-0.3, -0.25) is 9.36 Å². The average molecular weight is 305 g/mol. The Morgan fingerprint density at radius 3 is 2.95 bits per heavy atom. The second-order valence-electron chi connectivity index (χ2n) is 4.84. The van der Waals surface area contributed by atoms with E-state index in [2.05, 4.69) is 11.1 Å². The van der Waals surface area contributed by atoms with E-state index in [1.165, 1.54) is 0 Å². The lowest BCUT2D eigenvalue weighted by atomic mass is 10.1. The summed E-state index contributed by atoms with van der Waals surface area (Å²) in [6.07, 6.45) is 1.64. The normalized spacial score (nSPS) is 12.3. The molecule has 0 aliphatic heterocycles. The molecule has 6 heteroatoms. The van der Waals surface area contributed by atoms with Crippen molar-refractivity contribution in [2.45, 2.75) is 38.8 Å². The van der Waals surface area contributed by atoms with Crippen LogP contribution in [0.3, 0.4) is 0 Å². The number of rotatable bonds is 5. The minimum absolute atomic E-state index is 0.192. The first-order valence-electron chi connectivity index (χ1n) is 6.91. The molecule has 0 saturated heterocycles. The van der Waals surface area contributed by atoms with Crippen molar-refractivity contribution >= 4 is 22.5 Å². The summed E-state index contributed by atoms with van der Waals surface area (Å²) in [5.41, 5.74) is 6.44. The molecule has 2 rings (SSSR count). The summed E-state index contributed by atoms with van der Waals surface area (Å²) in [5.74, 6) is 0.551. The average Bonchev–Trinajstić information content (AvgIpc) is 2.48. The zero-order chi connectivity index (χ0) is 15.4. The zero-order valence-corrected chi connectivity index (χ0v) is 12.6. The molecule has 0 bridgehead atoms. The van der Waals surface area contributed by atoms with Crippen molar-refractivity contribution in [1.82, 2.24) is 9.55 Å². The predicted molar refractivity (Wildman–Crippen MR) is 83.1 cm³/mol. The van der Waals surface area contributed by atoms with Gasteiger partial charge in [-0.25, -0.2) is 4.98 Å².